The van der Waals surface area contributed by atoms with E-state index in [2.05, 4.69) is 9.97 Å². The minimum Gasteiger partial charge on any atom is -0.485 e. The highest BCUT2D eigenvalue weighted by Crippen LogP contribution is 2.20. The molecule has 2 aromatic heterocycles. The van der Waals surface area contributed by atoms with Gasteiger partial charge in [-0.25, -0.2) is 18.7 Å². The summed E-state index contributed by atoms with van der Waals surface area (Å²) < 4.78 is 37.0. The molecule has 4 rings (SSSR count). The van der Waals surface area contributed by atoms with Crippen molar-refractivity contribution in [3.8, 4) is 11.5 Å². The van der Waals surface area contributed by atoms with E-state index in [9.17, 15) is 8.78 Å². The van der Waals surface area contributed by atoms with Gasteiger partial charge in [0, 0.05) is 18.0 Å². The Morgan fingerprint density at radius 1 is 0.656 bits per heavy atom. The second-order valence-corrected chi connectivity index (χ2v) is 6.55. The van der Waals surface area contributed by atoms with E-state index in [4.69, 9.17) is 20.9 Å². The van der Waals surface area contributed by atoms with Gasteiger partial charge < -0.3 is 20.9 Å². The Morgan fingerprint density at radius 3 is 1.84 bits per heavy atom. The Balaban J connectivity index is 0.000000182. The van der Waals surface area contributed by atoms with Gasteiger partial charge >= 0.3 is 0 Å². The van der Waals surface area contributed by atoms with Crippen LogP contribution in [-0.2, 0) is 13.2 Å². The van der Waals surface area contributed by atoms with Gasteiger partial charge in [0.25, 0.3) is 0 Å². The first kappa shape index (κ1) is 22.5. The fourth-order valence-corrected chi connectivity index (χ4v) is 2.60. The monoisotopic (exact) mass is 436 g/mol. The molecule has 32 heavy (non-hydrogen) atoms. The molecule has 0 amide bonds. The minimum atomic E-state index is -0.907. The number of aromatic nitrogens is 2. The van der Waals surface area contributed by atoms with Gasteiger partial charge in [-0.05, 0) is 35.9 Å². The van der Waals surface area contributed by atoms with E-state index in [1.807, 2.05) is 36.4 Å². The predicted molar refractivity (Wildman–Crippen MR) is 119 cm³/mol. The van der Waals surface area contributed by atoms with E-state index in [1.165, 1.54) is 18.3 Å². The van der Waals surface area contributed by atoms with E-state index in [0.717, 1.165) is 11.6 Å². The Hall–Kier alpha value is -4.20. The first-order valence-electron chi connectivity index (χ1n) is 9.68. The van der Waals surface area contributed by atoms with Crippen molar-refractivity contribution in [1.82, 2.24) is 9.97 Å². The summed E-state index contributed by atoms with van der Waals surface area (Å²) in [4.78, 5) is 7.76. The van der Waals surface area contributed by atoms with Gasteiger partial charge in [-0.15, -0.1) is 0 Å². The maximum atomic E-state index is 13.3. The zero-order chi connectivity index (χ0) is 22.8. The molecule has 8 heteroatoms. The van der Waals surface area contributed by atoms with Crippen molar-refractivity contribution in [2.75, 3.05) is 11.5 Å². The lowest BCUT2D eigenvalue weighted by Crippen LogP contribution is -2.02. The Kier molecular flexibility index (Phi) is 7.91. The smallest absolute Gasteiger partial charge is 0.166 e. The molecule has 0 fully saturated rings. The average Bonchev–Trinajstić information content (AvgIpc) is 2.82. The lowest BCUT2D eigenvalue weighted by atomic mass is 10.2. The van der Waals surface area contributed by atoms with Gasteiger partial charge in [-0.1, -0.05) is 42.5 Å². The molecular formula is C24H22F2N4O2. The molecule has 0 saturated heterocycles. The highest BCUT2D eigenvalue weighted by Gasteiger charge is 2.09. The molecule has 2 aromatic carbocycles. The lowest BCUT2D eigenvalue weighted by Gasteiger charge is -2.08. The van der Waals surface area contributed by atoms with Crippen LogP contribution >= 0.6 is 0 Å². The number of nitrogen functional groups attached to an aromatic ring is 2. The van der Waals surface area contributed by atoms with Gasteiger partial charge in [0.05, 0.1) is 0 Å². The quantitative estimate of drug-likeness (QED) is 0.452. The molecule has 0 spiro atoms. The number of nitrogens with zero attached hydrogens (tertiary/aromatic N) is 2. The number of benzene rings is 2. The SMILES string of the molecule is Nc1ncccc1OCc1cccc(F)c1F.Nc1ncccc1OCc1ccccc1. The van der Waals surface area contributed by atoms with Crippen molar-refractivity contribution in [3.05, 3.63) is 108 Å². The third-order valence-corrected chi connectivity index (χ3v) is 4.25. The van der Waals surface area contributed by atoms with Gasteiger partial charge in [-0.2, -0.15) is 0 Å². The van der Waals surface area contributed by atoms with E-state index >= 15 is 0 Å². The van der Waals surface area contributed by atoms with Crippen LogP contribution in [0.1, 0.15) is 11.1 Å². The molecular weight excluding hydrogens is 414 g/mol. The third-order valence-electron chi connectivity index (χ3n) is 4.25. The molecule has 0 bridgehead atoms. The second-order valence-electron chi connectivity index (χ2n) is 6.55. The van der Waals surface area contributed by atoms with Crippen molar-refractivity contribution >= 4 is 11.6 Å². The molecule has 0 atom stereocenters. The van der Waals surface area contributed by atoms with Gasteiger partial charge in [0.1, 0.15) is 13.2 Å². The Bertz CT molecular complexity index is 1140. The van der Waals surface area contributed by atoms with Gasteiger partial charge in [-0.3, -0.25) is 0 Å². The van der Waals surface area contributed by atoms with E-state index in [-0.39, 0.29) is 18.0 Å². The molecule has 164 valence electrons. The third kappa shape index (κ3) is 6.40. The lowest BCUT2D eigenvalue weighted by molar-refractivity contribution is 0.298. The van der Waals surface area contributed by atoms with Crippen LogP contribution in [0.15, 0.2) is 85.2 Å². The number of pyridine rings is 2. The average molecular weight is 436 g/mol. The molecule has 2 heterocycles. The molecule has 0 aliphatic heterocycles. The van der Waals surface area contributed by atoms with Crippen LogP contribution in [0.25, 0.3) is 0 Å². The maximum Gasteiger partial charge on any atom is 0.166 e. The summed E-state index contributed by atoms with van der Waals surface area (Å²) in [6.07, 6.45) is 3.16. The summed E-state index contributed by atoms with van der Waals surface area (Å²) in [5.41, 5.74) is 12.4. The summed E-state index contributed by atoms with van der Waals surface area (Å²) in [6.45, 7) is 0.413. The van der Waals surface area contributed by atoms with Crippen molar-refractivity contribution in [2.24, 2.45) is 0 Å². The summed E-state index contributed by atoms with van der Waals surface area (Å²) in [5, 5.41) is 0. The summed E-state index contributed by atoms with van der Waals surface area (Å²) in [6, 6.07) is 20.7. The van der Waals surface area contributed by atoms with Crippen molar-refractivity contribution in [2.45, 2.75) is 13.2 Å². The first-order valence-corrected chi connectivity index (χ1v) is 9.68. The molecule has 4 aromatic rings. The Morgan fingerprint density at radius 2 is 1.25 bits per heavy atom. The van der Waals surface area contributed by atoms with Crippen molar-refractivity contribution in [1.29, 1.82) is 0 Å². The molecule has 0 saturated carbocycles. The van der Waals surface area contributed by atoms with Crippen LogP contribution in [-0.4, -0.2) is 9.97 Å². The number of rotatable bonds is 6. The summed E-state index contributed by atoms with van der Waals surface area (Å²) in [5.74, 6) is -0.199. The zero-order valence-corrected chi connectivity index (χ0v) is 17.1. The van der Waals surface area contributed by atoms with Crippen LogP contribution in [0.4, 0.5) is 20.4 Å². The van der Waals surface area contributed by atoms with Crippen LogP contribution in [0.5, 0.6) is 11.5 Å². The van der Waals surface area contributed by atoms with Crippen LogP contribution in [0.2, 0.25) is 0 Å². The van der Waals surface area contributed by atoms with Gasteiger partial charge in [0.15, 0.2) is 34.8 Å². The van der Waals surface area contributed by atoms with E-state index in [0.29, 0.717) is 23.9 Å². The van der Waals surface area contributed by atoms with Crippen molar-refractivity contribution in [3.63, 3.8) is 0 Å². The highest BCUT2D eigenvalue weighted by molar-refractivity contribution is 5.45. The normalized spacial score (nSPS) is 10.1. The largest absolute Gasteiger partial charge is 0.485 e. The summed E-state index contributed by atoms with van der Waals surface area (Å²) in [7, 11) is 0. The Labute approximate surface area is 184 Å². The number of nitrogens with two attached hydrogens (primary N) is 2. The number of hydrogen-bond donors (Lipinski definition) is 2. The molecule has 6 nitrogen and oxygen atoms in total. The van der Waals surface area contributed by atoms with Gasteiger partial charge in [0.2, 0.25) is 0 Å². The standard InChI is InChI=1S/C12H10F2N2O.C12H12N2O/c13-9-4-1-3-8(11(9)14)7-17-10-5-2-6-16-12(10)15;13-12-11(7-4-8-14-12)15-9-10-5-2-1-3-6-10/h1-6H,7H2,(H2,15,16);1-8H,9H2,(H2,13,14). The van der Waals surface area contributed by atoms with Crippen molar-refractivity contribution < 1.29 is 18.3 Å². The fraction of sp³-hybridized carbons (Fsp3) is 0.0833. The predicted octanol–water partition coefficient (Wildman–Crippen LogP) is 4.76. The fourth-order valence-electron chi connectivity index (χ4n) is 2.60. The number of hydrogen-bond acceptors (Lipinski definition) is 6. The summed E-state index contributed by atoms with van der Waals surface area (Å²) >= 11 is 0. The van der Waals surface area contributed by atoms with Crippen LogP contribution in [0, 0.1) is 11.6 Å². The second kappa shape index (κ2) is 11.3. The molecule has 0 aliphatic rings. The number of anilines is 2. The topological polar surface area (TPSA) is 96.3 Å². The molecule has 0 unspecified atom stereocenters. The minimum absolute atomic E-state index is 0.0977. The van der Waals surface area contributed by atoms with Crippen LogP contribution < -0.4 is 20.9 Å². The molecule has 0 aliphatic carbocycles. The number of ether oxygens (including phenoxy) is 2. The highest BCUT2D eigenvalue weighted by atomic mass is 19.2. The number of halogens is 2. The van der Waals surface area contributed by atoms with E-state index < -0.39 is 11.6 Å². The molecule has 0 radical (unpaired) electrons. The van der Waals surface area contributed by atoms with E-state index in [1.54, 1.807) is 24.4 Å². The zero-order valence-electron chi connectivity index (χ0n) is 17.1. The maximum absolute atomic E-state index is 13.3. The molecule has 4 N–H and O–H groups in total. The van der Waals surface area contributed by atoms with Crippen LogP contribution in [0.3, 0.4) is 0 Å². The first-order chi connectivity index (χ1) is 15.5.